The lowest BCUT2D eigenvalue weighted by molar-refractivity contribution is -0.119. The summed E-state index contributed by atoms with van der Waals surface area (Å²) in [5, 5.41) is 6.13. The molecule has 1 aromatic carbocycles. The van der Waals surface area contributed by atoms with Crippen LogP contribution in [0.2, 0.25) is 0 Å². The van der Waals surface area contributed by atoms with Crippen LogP contribution in [0.5, 0.6) is 0 Å². The van der Waals surface area contributed by atoms with Crippen LogP contribution in [0.15, 0.2) is 24.3 Å². The molecule has 6 nitrogen and oxygen atoms in total. The first kappa shape index (κ1) is 16.9. The van der Waals surface area contributed by atoms with Crippen LogP contribution in [-0.4, -0.2) is 66.9 Å². The van der Waals surface area contributed by atoms with Gasteiger partial charge in [0.05, 0.1) is 0 Å². The van der Waals surface area contributed by atoms with Crippen LogP contribution in [0.25, 0.3) is 0 Å². The lowest BCUT2D eigenvalue weighted by Crippen LogP contribution is -2.49. The molecular formula is C18H26N4O2. The predicted octanol–water partition coefficient (Wildman–Crippen LogP) is 0.442. The van der Waals surface area contributed by atoms with Crippen molar-refractivity contribution in [2.45, 2.75) is 25.9 Å². The molecule has 1 atom stereocenters. The van der Waals surface area contributed by atoms with E-state index in [9.17, 15) is 9.59 Å². The number of nitrogens with one attached hydrogen (secondary N) is 2. The minimum Gasteiger partial charge on any atom is -0.352 e. The molecule has 0 aliphatic carbocycles. The lowest BCUT2D eigenvalue weighted by Gasteiger charge is -2.32. The number of carbonyl (C=O) groups is 2. The number of carbonyl (C=O) groups excluding carboxylic acids is 2. The van der Waals surface area contributed by atoms with Crippen molar-refractivity contribution < 1.29 is 9.59 Å². The summed E-state index contributed by atoms with van der Waals surface area (Å²) in [4.78, 5) is 28.1. The summed E-state index contributed by atoms with van der Waals surface area (Å²) >= 11 is 0. The van der Waals surface area contributed by atoms with Crippen molar-refractivity contribution in [3.05, 3.63) is 35.4 Å². The van der Waals surface area contributed by atoms with E-state index in [4.69, 9.17) is 0 Å². The third-order valence-corrected chi connectivity index (χ3v) is 4.86. The van der Waals surface area contributed by atoms with Gasteiger partial charge in [0, 0.05) is 64.3 Å². The average molecular weight is 330 g/mol. The maximum absolute atomic E-state index is 12.7. The molecule has 2 aliphatic heterocycles. The van der Waals surface area contributed by atoms with Gasteiger partial charge in [-0.1, -0.05) is 12.1 Å². The van der Waals surface area contributed by atoms with E-state index in [-0.39, 0.29) is 11.8 Å². The lowest BCUT2D eigenvalue weighted by atomic mass is 10.1. The number of nitrogens with zero attached hydrogens (tertiary/aromatic N) is 2. The Morgan fingerprint density at radius 3 is 2.54 bits per heavy atom. The van der Waals surface area contributed by atoms with Gasteiger partial charge in [-0.2, -0.15) is 0 Å². The van der Waals surface area contributed by atoms with E-state index < -0.39 is 0 Å². The summed E-state index contributed by atoms with van der Waals surface area (Å²) in [6.07, 6.45) is 1.06. The summed E-state index contributed by atoms with van der Waals surface area (Å²) in [6.45, 7) is 7.89. The van der Waals surface area contributed by atoms with Gasteiger partial charge in [0.1, 0.15) is 0 Å². The Bertz CT molecular complexity index is 581. The van der Waals surface area contributed by atoms with Crippen LogP contribution in [-0.2, 0) is 11.3 Å². The van der Waals surface area contributed by atoms with E-state index in [1.54, 1.807) is 0 Å². The number of hydrogen-bond donors (Lipinski definition) is 2. The zero-order chi connectivity index (χ0) is 16.9. The van der Waals surface area contributed by atoms with E-state index in [1.165, 1.54) is 6.92 Å². The number of piperazine rings is 1. The number of likely N-dealkylation sites (tertiary alicyclic amines) is 1. The summed E-state index contributed by atoms with van der Waals surface area (Å²) in [5.41, 5.74) is 1.73. The van der Waals surface area contributed by atoms with Gasteiger partial charge in [-0.05, 0) is 24.1 Å². The van der Waals surface area contributed by atoms with Crippen molar-refractivity contribution in [1.29, 1.82) is 0 Å². The summed E-state index contributed by atoms with van der Waals surface area (Å²) in [6, 6.07) is 8.03. The smallest absolute Gasteiger partial charge is 0.253 e. The number of amides is 2. The Labute approximate surface area is 143 Å². The van der Waals surface area contributed by atoms with E-state index in [0.29, 0.717) is 12.6 Å². The van der Waals surface area contributed by atoms with Crippen molar-refractivity contribution in [1.82, 2.24) is 20.4 Å². The molecule has 0 bridgehead atoms. The molecule has 0 spiro atoms. The number of rotatable bonds is 4. The highest BCUT2D eigenvalue weighted by molar-refractivity contribution is 5.94. The van der Waals surface area contributed by atoms with Crippen LogP contribution in [0.1, 0.15) is 29.3 Å². The minimum atomic E-state index is -0.0498. The molecule has 6 heteroatoms. The summed E-state index contributed by atoms with van der Waals surface area (Å²) in [7, 11) is 0. The topological polar surface area (TPSA) is 64.7 Å². The first-order valence-corrected chi connectivity index (χ1v) is 8.71. The first-order valence-electron chi connectivity index (χ1n) is 8.71. The molecule has 130 valence electrons. The molecule has 0 aromatic heterocycles. The fourth-order valence-electron chi connectivity index (χ4n) is 3.45. The molecule has 2 fully saturated rings. The van der Waals surface area contributed by atoms with Gasteiger partial charge in [-0.15, -0.1) is 0 Å². The Morgan fingerprint density at radius 1 is 1.17 bits per heavy atom. The Balaban J connectivity index is 1.55. The van der Waals surface area contributed by atoms with Crippen LogP contribution in [0.3, 0.4) is 0 Å². The monoisotopic (exact) mass is 330 g/mol. The first-order chi connectivity index (χ1) is 11.6. The molecule has 2 aliphatic rings. The van der Waals surface area contributed by atoms with Crippen LogP contribution in [0.4, 0.5) is 0 Å². The fourth-order valence-corrected chi connectivity index (χ4v) is 3.45. The van der Waals surface area contributed by atoms with Crippen molar-refractivity contribution in [3.63, 3.8) is 0 Å². The quantitative estimate of drug-likeness (QED) is 0.841. The van der Waals surface area contributed by atoms with Crippen molar-refractivity contribution in [2.75, 3.05) is 39.3 Å². The van der Waals surface area contributed by atoms with Gasteiger partial charge in [0.2, 0.25) is 5.91 Å². The third kappa shape index (κ3) is 4.13. The molecule has 0 radical (unpaired) electrons. The highest BCUT2D eigenvalue weighted by Gasteiger charge is 2.31. The molecule has 3 rings (SSSR count). The van der Waals surface area contributed by atoms with E-state index in [0.717, 1.165) is 56.8 Å². The predicted molar refractivity (Wildman–Crippen MR) is 92.7 cm³/mol. The van der Waals surface area contributed by atoms with E-state index >= 15 is 0 Å². The SMILES string of the molecule is CC(=O)NCc1ccc(C(=O)N2CCC(N3CCNCC3)C2)cc1. The van der Waals surface area contributed by atoms with Gasteiger partial charge >= 0.3 is 0 Å². The van der Waals surface area contributed by atoms with Gasteiger partial charge in [0.15, 0.2) is 0 Å². The Morgan fingerprint density at radius 2 is 1.88 bits per heavy atom. The molecule has 2 heterocycles. The molecule has 0 saturated carbocycles. The average Bonchev–Trinajstić information content (AvgIpc) is 3.10. The van der Waals surface area contributed by atoms with E-state index in [2.05, 4.69) is 15.5 Å². The Hall–Kier alpha value is -1.92. The second-order valence-electron chi connectivity index (χ2n) is 6.59. The minimum absolute atomic E-state index is 0.0498. The highest BCUT2D eigenvalue weighted by Crippen LogP contribution is 2.19. The third-order valence-electron chi connectivity index (χ3n) is 4.86. The van der Waals surface area contributed by atoms with Crippen LogP contribution in [0, 0.1) is 0 Å². The standard InChI is InChI=1S/C18H26N4O2/c1-14(23)20-12-15-2-4-16(5-3-15)18(24)22-9-6-17(13-22)21-10-7-19-8-11-21/h2-5,17,19H,6-13H2,1H3,(H,20,23). The van der Waals surface area contributed by atoms with Gasteiger partial charge in [0.25, 0.3) is 5.91 Å². The maximum Gasteiger partial charge on any atom is 0.253 e. The maximum atomic E-state index is 12.7. The second-order valence-corrected chi connectivity index (χ2v) is 6.59. The number of hydrogen-bond acceptors (Lipinski definition) is 4. The normalized spacial score (nSPS) is 21.7. The second kappa shape index (κ2) is 7.77. The zero-order valence-corrected chi connectivity index (χ0v) is 14.3. The van der Waals surface area contributed by atoms with Gasteiger partial charge in [-0.25, -0.2) is 0 Å². The van der Waals surface area contributed by atoms with E-state index in [1.807, 2.05) is 29.2 Å². The van der Waals surface area contributed by atoms with Crippen molar-refractivity contribution >= 4 is 11.8 Å². The molecular weight excluding hydrogens is 304 g/mol. The van der Waals surface area contributed by atoms with Gasteiger partial charge < -0.3 is 15.5 Å². The molecule has 2 saturated heterocycles. The summed E-state index contributed by atoms with van der Waals surface area (Å²) < 4.78 is 0. The van der Waals surface area contributed by atoms with Crippen molar-refractivity contribution in [2.24, 2.45) is 0 Å². The number of benzene rings is 1. The van der Waals surface area contributed by atoms with Crippen LogP contribution < -0.4 is 10.6 Å². The summed E-state index contributed by atoms with van der Waals surface area (Å²) in [5.74, 6) is 0.0601. The molecule has 24 heavy (non-hydrogen) atoms. The molecule has 2 amide bonds. The highest BCUT2D eigenvalue weighted by atomic mass is 16.2. The largest absolute Gasteiger partial charge is 0.352 e. The van der Waals surface area contributed by atoms with Crippen LogP contribution >= 0.6 is 0 Å². The molecule has 2 N–H and O–H groups in total. The van der Waals surface area contributed by atoms with Gasteiger partial charge in [-0.3, -0.25) is 14.5 Å². The fraction of sp³-hybridized carbons (Fsp3) is 0.556. The zero-order valence-electron chi connectivity index (χ0n) is 14.3. The molecule has 1 unspecified atom stereocenters. The van der Waals surface area contributed by atoms with Crippen molar-refractivity contribution in [3.8, 4) is 0 Å². The Kier molecular flexibility index (Phi) is 5.48. The molecule has 1 aromatic rings.